The molecule has 0 saturated carbocycles. The maximum Gasteiger partial charge on any atom is 0.258 e. The van der Waals surface area contributed by atoms with Crippen LogP contribution in [0.25, 0.3) is 0 Å². The minimum absolute atomic E-state index is 0.227. The smallest absolute Gasteiger partial charge is 0.258 e. The van der Waals surface area contributed by atoms with Gasteiger partial charge in [-0.1, -0.05) is 0 Å². The van der Waals surface area contributed by atoms with Crippen LogP contribution in [0.3, 0.4) is 0 Å². The van der Waals surface area contributed by atoms with E-state index in [4.69, 9.17) is 9.47 Å². The van der Waals surface area contributed by atoms with E-state index < -0.39 is 0 Å². The van der Waals surface area contributed by atoms with Gasteiger partial charge in [-0.15, -0.1) is 10.2 Å². The molecule has 1 amide bonds. The van der Waals surface area contributed by atoms with E-state index in [9.17, 15) is 4.79 Å². The molecule has 1 aromatic heterocycles. The second kappa shape index (κ2) is 6.60. The van der Waals surface area contributed by atoms with Crippen LogP contribution in [-0.2, 0) is 12.8 Å². The number of aromatic nitrogens is 3. The Bertz CT molecular complexity index is 733. The summed E-state index contributed by atoms with van der Waals surface area (Å²) in [7, 11) is 3.07. The van der Waals surface area contributed by atoms with Gasteiger partial charge >= 0.3 is 0 Å². The molecule has 1 aromatic carbocycles. The first-order valence-electron chi connectivity index (χ1n) is 7.47. The van der Waals surface area contributed by atoms with Gasteiger partial charge in [-0.2, -0.15) is 0 Å². The van der Waals surface area contributed by atoms with Crippen LogP contribution in [0.1, 0.15) is 34.6 Å². The molecule has 1 aliphatic carbocycles. The van der Waals surface area contributed by atoms with Crippen LogP contribution in [0.5, 0.6) is 11.5 Å². The van der Waals surface area contributed by atoms with Gasteiger partial charge < -0.3 is 9.47 Å². The molecule has 0 fully saturated rings. The molecule has 0 unspecified atom stereocenters. The lowest BCUT2D eigenvalue weighted by Crippen LogP contribution is -2.18. The number of carbonyl (C=O) groups excluding carboxylic acids is 1. The Morgan fingerprint density at radius 2 is 1.78 bits per heavy atom. The highest BCUT2D eigenvalue weighted by atomic mass is 16.5. The van der Waals surface area contributed by atoms with Crippen molar-refractivity contribution < 1.29 is 14.3 Å². The molecule has 120 valence electrons. The van der Waals surface area contributed by atoms with Gasteiger partial charge in [0.15, 0.2) is 11.5 Å². The van der Waals surface area contributed by atoms with Crippen molar-refractivity contribution in [2.75, 3.05) is 19.5 Å². The van der Waals surface area contributed by atoms with Gasteiger partial charge in [-0.05, 0) is 43.9 Å². The number of hydrogen-bond donors (Lipinski definition) is 1. The van der Waals surface area contributed by atoms with Gasteiger partial charge in [-0.25, -0.2) is 4.98 Å². The second-order valence-corrected chi connectivity index (χ2v) is 5.26. The summed E-state index contributed by atoms with van der Waals surface area (Å²) in [6.07, 6.45) is 3.98. The van der Waals surface area contributed by atoms with Crippen LogP contribution in [0.2, 0.25) is 0 Å². The molecule has 0 atom stereocenters. The fraction of sp³-hybridized carbons (Fsp3) is 0.375. The number of fused-ring (bicyclic) bond motifs is 1. The van der Waals surface area contributed by atoms with E-state index in [0.717, 1.165) is 37.1 Å². The summed E-state index contributed by atoms with van der Waals surface area (Å²) >= 11 is 0. The Balaban J connectivity index is 1.79. The van der Waals surface area contributed by atoms with Crippen LogP contribution in [0.4, 0.5) is 5.95 Å². The number of methoxy groups -OCH3 is 2. The maximum absolute atomic E-state index is 12.3. The van der Waals surface area contributed by atoms with Crippen molar-refractivity contribution in [2.24, 2.45) is 0 Å². The zero-order valence-electron chi connectivity index (χ0n) is 13.1. The van der Waals surface area contributed by atoms with E-state index in [1.807, 2.05) is 0 Å². The fourth-order valence-electron chi connectivity index (χ4n) is 2.56. The summed E-state index contributed by atoms with van der Waals surface area (Å²) in [5, 5.41) is 10.8. The molecule has 1 N–H and O–H groups in total. The topological polar surface area (TPSA) is 86.2 Å². The third-order valence-electron chi connectivity index (χ3n) is 3.79. The number of benzene rings is 1. The highest BCUT2D eigenvalue weighted by Crippen LogP contribution is 2.27. The molecular weight excluding hydrogens is 296 g/mol. The van der Waals surface area contributed by atoms with E-state index in [-0.39, 0.29) is 11.9 Å². The number of carbonyl (C=O) groups is 1. The predicted octanol–water partition coefficient (Wildman–Crippen LogP) is 2.02. The van der Waals surface area contributed by atoms with Gasteiger partial charge in [0.05, 0.1) is 25.6 Å². The molecule has 0 aliphatic heterocycles. The zero-order chi connectivity index (χ0) is 16.2. The van der Waals surface area contributed by atoms with E-state index in [1.54, 1.807) is 25.3 Å². The van der Waals surface area contributed by atoms with E-state index in [0.29, 0.717) is 17.1 Å². The monoisotopic (exact) mass is 314 g/mol. The van der Waals surface area contributed by atoms with Gasteiger partial charge in [0.1, 0.15) is 0 Å². The number of amides is 1. The Labute approximate surface area is 134 Å². The second-order valence-electron chi connectivity index (χ2n) is 5.26. The fourth-order valence-corrected chi connectivity index (χ4v) is 2.56. The molecule has 23 heavy (non-hydrogen) atoms. The summed E-state index contributed by atoms with van der Waals surface area (Å²) in [4.78, 5) is 16.7. The molecule has 1 aliphatic rings. The van der Waals surface area contributed by atoms with Crippen molar-refractivity contribution in [3.05, 3.63) is 35.2 Å². The van der Waals surface area contributed by atoms with Crippen LogP contribution in [-0.4, -0.2) is 35.3 Å². The SMILES string of the molecule is COc1ccc(C(=O)Nc2nnc3c(n2)CCCC3)cc1OC. The maximum atomic E-state index is 12.3. The van der Waals surface area contributed by atoms with E-state index in [1.165, 1.54) is 7.11 Å². The van der Waals surface area contributed by atoms with Gasteiger partial charge in [0.2, 0.25) is 5.95 Å². The molecule has 7 nitrogen and oxygen atoms in total. The minimum Gasteiger partial charge on any atom is -0.493 e. The molecular formula is C16H18N4O3. The highest BCUT2D eigenvalue weighted by molar-refractivity contribution is 6.03. The molecule has 0 saturated heterocycles. The normalized spacial score (nSPS) is 13.1. The molecule has 0 radical (unpaired) electrons. The lowest BCUT2D eigenvalue weighted by Gasteiger charge is -2.13. The molecule has 0 spiro atoms. The standard InChI is InChI=1S/C16H18N4O3/c1-22-13-8-7-10(9-14(13)23-2)15(21)18-16-17-11-5-3-4-6-12(11)19-20-16/h7-9H,3-6H2,1-2H3,(H,17,18,20,21). The van der Waals surface area contributed by atoms with Crippen molar-refractivity contribution in [1.29, 1.82) is 0 Å². The number of anilines is 1. The van der Waals surface area contributed by atoms with Crippen molar-refractivity contribution in [2.45, 2.75) is 25.7 Å². The minimum atomic E-state index is -0.316. The zero-order valence-corrected chi connectivity index (χ0v) is 13.1. The first-order valence-corrected chi connectivity index (χ1v) is 7.47. The molecule has 3 rings (SSSR count). The van der Waals surface area contributed by atoms with Crippen molar-refractivity contribution in [1.82, 2.24) is 15.2 Å². The lowest BCUT2D eigenvalue weighted by molar-refractivity contribution is 0.102. The number of aryl methyl sites for hydroxylation is 2. The molecule has 7 heteroatoms. The molecule has 0 bridgehead atoms. The number of ether oxygens (including phenoxy) is 2. The van der Waals surface area contributed by atoms with Gasteiger partial charge in [-0.3, -0.25) is 10.1 Å². The average Bonchev–Trinajstić information content (AvgIpc) is 2.60. The largest absolute Gasteiger partial charge is 0.493 e. The first kappa shape index (κ1) is 15.2. The average molecular weight is 314 g/mol. The third-order valence-corrected chi connectivity index (χ3v) is 3.79. The van der Waals surface area contributed by atoms with Gasteiger partial charge in [0.25, 0.3) is 5.91 Å². The summed E-state index contributed by atoms with van der Waals surface area (Å²) < 4.78 is 10.4. The summed E-state index contributed by atoms with van der Waals surface area (Å²) in [5.74, 6) is 0.967. The predicted molar refractivity (Wildman–Crippen MR) is 84.0 cm³/mol. The van der Waals surface area contributed by atoms with Crippen molar-refractivity contribution >= 4 is 11.9 Å². The van der Waals surface area contributed by atoms with Crippen LogP contribution in [0, 0.1) is 0 Å². The van der Waals surface area contributed by atoms with E-state index >= 15 is 0 Å². The Morgan fingerprint density at radius 3 is 2.52 bits per heavy atom. The van der Waals surface area contributed by atoms with Crippen LogP contribution in [0.15, 0.2) is 18.2 Å². The highest BCUT2D eigenvalue weighted by Gasteiger charge is 2.16. The molecule has 2 aromatic rings. The quantitative estimate of drug-likeness (QED) is 0.929. The number of hydrogen-bond acceptors (Lipinski definition) is 6. The Hall–Kier alpha value is -2.70. The lowest BCUT2D eigenvalue weighted by atomic mass is 10.0. The van der Waals surface area contributed by atoms with E-state index in [2.05, 4.69) is 20.5 Å². The van der Waals surface area contributed by atoms with Gasteiger partial charge in [0, 0.05) is 5.56 Å². The first-order chi connectivity index (χ1) is 11.2. The summed E-state index contributed by atoms with van der Waals surface area (Å²) in [6, 6.07) is 4.95. The van der Waals surface area contributed by atoms with Crippen LogP contribution >= 0.6 is 0 Å². The third kappa shape index (κ3) is 3.23. The van der Waals surface area contributed by atoms with Crippen molar-refractivity contribution in [3.8, 4) is 11.5 Å². The number of nitrogens with one attached hydrogen (secondary N) is 1. The van der Waals surface area contributed by atoms with Crippen molar-refractivity contribution in [3.63, 3.8) is 0 Å². The Kier molecular flexibility index (Phi) is 4.36. The molecule has 1 heterocycles. The number of nitrogens with zero attached hydrogens (tertiary/aromatic N) is 3. The summed E-state index contributed by atoms with van der Waals surface area (Å²) in [6.45, 7) is 0. The summed E-state index contributed by atoms with van der Waals surface area (Å²) in [5.41, 5.74) is 2.29. The Morgan fingerprint density at radius 1 is 1.04 bits per heavy atom. The van der Waals surface area contributed by atoms with Crippen LogP contribution < -0.4 is 14.8 Å². The number of rotatable bonds is 4.